The van der Waals surface area contributed by atoms with Gasteiger partial charge in [0, 0.05) is 68.4 Å². The van der Waals surface area contributed by atoms with Crippen LogP contribution in [0.4, 0.5) is 20.4 Å². The molecule has 1 amide bonds. The first-order chi connectivity index (χ1) is 16.5. The standard InChI is InChI=1S/C24H23F2N7O/c25-18-5-6-20-15(9-18)10-28-24(30-20)33-13-16-11-32(12-17(16)14-33)23(34)22-19(26)3-1-4-21(22)31-29-8-2-7-27/h1,3-10,16-17,27,31H,2,11-14H2/b27-7?,29-8-. The van der Waals surface area contributed by atoms with E-state index in [1.54, 1.807) is 23.2 Å². The highest BCUT2D eigenvalue weighted by atomic mass is 19.1. The van der Waals surface area contributed by atoms with E-state index in [1.807, 2.05) is 0 Å². The van der Waals surface area contributed by atoms with Gasteiger partial charge in [-0.3, -0.25) is 10.2 Å². The Morgan fingerprint density at radius 1 is 1.18 bits per heavy atom. The van der Waals surface area contributed by atoms with Crippen LogP contribution in [-0.2, 0) is 0 Å². The number of aromatic nitrogens is 2. The number of carbonyl (C=O) groups is 1. The minimum Gasteiger partial charge on any atom is -0.340 e. The van der Waals surface area contributed by atoms with Gasteiger partial charge in [-0.25, -0.2) is 18.7 Å². The first-order valence-electron chi connectivity index (χ1n) is 11.0. The van der Waals surface area contributed by atoms with E-state index in [-0.39, 0.29) is 29.1 Å². The Balaban J connectivity index is 1.28. The predicted molar refractivity (Wildman–Crippen MR) is 127 cm³/mol. The molecular formula is C24H23F2N7O. The molecule has 10 heteroatoms. The molecule has 0 spiro atoms. The summed E-state index contributed by atoms with van der Waals surface area (Å²) in [6.45, 7) is 2.42. The van der Waals surface area contributed by atoms with Gasteiger partial charge in [-0.2, -0.15) is 5.10 Å². The van der Waals surface area contributed by atoms with Gasteiger partial charge in [-0.1, -0.05) is 6.07 Å². The van der Waals surface area contributed by atoms with Crippen LogP contribution < -0.4 is 10.3 Å². The summed E-state index contributed by atoms with van der Waals surface area (Å²) in [6.07, 6.45) is 4.64. The first-order valence-corrected chi connectivity index (χ1v) is 11.0. The summed E-state index contributed by atoms with van der Waals surface area (Å²) in [5.41, 5.74) is 3.67. The predicted octanol–water partition coefficient (Wildman–Crippen LogP) is 3.55. The number of benzene rings is 2. The summed E-state index contributed by atoms with van der Waals surface area (Å²) in [5.74, 6) is -0.245. The van der Waals surface area contributed by atoms with Gasteiger partial charge in [0.05, 0.1) is 11.2 Å². The van der Waals surface area contributed by atoms with Crippen molar-refractivity contribution in [2.75, 3.05) is 36.5 Å². The van der Waals surface area contributed by atoms with Crippen LogP contribution in [0.25, 0.3) is 10.9 Å². The largest absolute Gasteiger partial charge is 0.340 e. The van der Waals surface area contributed by atoms with Gasteiger partial charge in [0.15, 0.2) is 0 Å². The minimum absolute atomic E-state index is 0.0311. The average molecular weight is 463 g/mol. The number of hydrogen-bond acceptors (Lipinski definition) is 7. The highest BCUT2D eigenvalue weighted by molar-refractivity contribution is 6.00. The van der Waals surface area contributed by atoms with E-state index in [0.29, 0.717) is 55.1 Å². The Morgan fingerprint density at radius 2 is 1.97 bits per heavy atom. The Hall–Kier alpha value is -3.95. The Labute approximate surface area is 194 Å². The van der Waals surface area contributed by atoms with Crippen molar-refractivity contribution in [3.8, 4) is 0 Å². The molecule has 3 heterocycles. The maximum atomic E-state index is 14.6. The summed E-state index contributed by atoms with van der Waals surface area (Å²) in [7, 11) is 0. The summed E-state index contributed by atoms with van der Waals surface area (Å²) < 4.78 is 28.1. The molecule has 2 fully saturated rings. The number of nitrogens with one attached hydrogen (secondary N) is 2. The number of fused-ring (bicyclic) bond motifs is 2. The van der Waals surface area contributed by atoms with Gasteiger partial charge in [0.25, 0.3) is 5.91 Å². The molecule has 2 atom stereocenters. The van der Waals surface area contributed by atoms with Crippen LogP contribution in [0.3, 0.4) is 0 Å². The average Bonchev–Trinajstić information content (AvgIpc) is 3.41. The summed E-state index contributed by atoms with van der Waals surface area (Å²) in [5, 5.41) is 11.6. The van der Waals surface area contributed by atoms with Gasteiger partial charge in [-0.15, -0.1) is 0 Å². The number of hydrogen-bond donors (Lipinski definition) is 2. The van der Waals surface area contributed by atoms with Crippen LogP contribution in [0.5, 0.6) is 0 Å². The van der Waals surface area contributed by atoms with E-state index in [4.69, 9.17) is 5.41 Å². The maximum Gasteiger partial charge on any atom is 0.259 e. The van der Waals surface area contributed by atoms with E-state index in [9.17, 15) is 13.6 Å². The van der Waals surface area contributed by atoms with Gasteiger partial charge >= 0.3 is 0 Å². The molecule has 5 rings (SSSR count). The normalized spacial score (nSPS) is 19.7. The molecule has 34 heavy (non-hydrogen) atoms. The number of rotatable bonds is 6. The maximum absolute atomic E-state index is 14.6. The lowest BCUT2D eigenvalue weighted by atomic mass is 10.0. The number of amides is 1. The Bertz CT molecular complexity index is 1270. The second-order valence-electron chi connectivity index (χ2n) is 8.53. The van der Waals surface area contributed by atoms with E-state index >= 15 is 0 Å². The fraction of sp³-hybridized carbons (Fsp3) is 0.292. The molecule has 0 bridgehead atoms. The first kappa shape index (κ1) is 21.9. The van der Waals surface area contributed by atoms with Gasteiger partial charge in [-0.05, 0) is 30.3 Å². The number of nitrogens with zero attached hydrogens (tertiary/aromatic N) is 5. The molecule has 2 unspecified atom stereocenters. The van der Waals surface area contributed by atoms with E-state index in [0.717, 1.165) is 0 Å². The molecule has 1 aromatic heterocycles. The van der Waals surface area contributed by atoms with Crippen LogP contribution >= 0.6 is 0 Å². The molecule has 2 N–H and O–H groups in total. The second-order valence-corrected chi connectivity index (χ2v) is 8.53. The zero-order valence-electron chi connectivity index (χ0n) is 18.3. The molecule has 0 radical (unpaired) electrons. The monoisotopic (exact) mass is 463 g/mol. The van der Waals surface area contributed by atoms with Crippen molar-refractivity contribution in [3.63, 3.8) is 0 Å². The molecular weight excluding hydrogens is 440 g/mol. The molecule has 3 aromatic rings. The zero-order chi connectivity index (χ0) is 23.7. The Kier molecular flexibility index (Phi) is 5.87. The van der Waals surface area contributed by atoms with E-state index in [1.165, 1.54) is 36.7 Å². The van der Waals surface area contributed by atoms with Gasteiger partial charge in [0.1, 0.15) is 17.2 Å². The van der Waals surface area contributed by atoms with Crippen molar-refractivity contribution in [1.82, 2.24) is 14.9 Å². The third-order valence-electron chi connectivity index (χ3n) is 6.31. The van der Waals surface area contributed by atoms with Crippen molar-refractivity contribution < 1.29 is 13.6 Å². The number of halogens is 2. The Morgan fingerprint density at radius 3 is 2.74 bits per heavy atom. The molecule has 2 aromatic carbocycles. The topological polar surface area (TPSA) is 97.6 Å². The van der Waals surface area contributed by atoms with Crippen LogP contribution in [-0.4, -0.2) is 59.4 Å². The lowest BCUT2D eigenvalue weighted by Crippen LogP contribution is -2.34. The summed E-state index contributed by atoms with van der Waals surface area (Å²) in [4.78, 5) is 26.0. The number of anilines is 2. The molecule has 0 aliphatic carbocycles. The summed E-state index contributed by atoms with van der Waals surface area (Å²) >= 11 is 0. The molecule has 2 saturated heterocycles. The number of carbonyl (C=O) groups excluding carboxylic acids is 1. The van der Waals surface area contributed by atoms with Crippen LogP contribution in [0, 0.1) is 28.9 Å². The quantitative estimate of drug-likeness (QED) is 0.430. The lowest BCUT2D eigenvalue weighted by Gasteiger charge is -2.23. The highest BCUT2D eigenvalue weighted by Gasteiger charge is 2.43. The lowest BCUT2D eigenvalue weighted by molar-refractivity contribution is 0.0779. The third kappa shape index (κ3) is 4.18. The smallest absolute Gasteiger partial charge is 0.259 e. The van der Waals surface area contributed by atoms with Crippen LogP contribution in [0.1, 0.15) is 16.8 Å². The molecule has 8 nitrogen and oxygen atoms in total. The fourth-order valence-corrected chi connectivity index (χ4v) is 4.68. The van der Waals surface area contributed by atoms with E-state index in [2.05, 4.69) is 25.4 Å². The van der Waals surface area contributed by atoms with Crippen molar-refractivity contribution in [1.29, 1.82) is 5.41 Å². The molecule has 0 saturated carbocycles. The van der Waals surface area contributed by atoms with E-state index < -0.39 is 5.82 Å². The second kappa shape index (κ2) is 9.12. The summed E-state index contributed by atoms with van der Waals surface area (Å²) in [6, 6.07) is 8.83. The van der Waals surface area contributed by atoms with Crippen molar-refractivity contribution >= 4 is 40.9 Å². The molecule has 2 aliphatic rings. The highest BCUT2D eigenvalue weighted by Crippen LogP contribution is 2.35. The zero-order valence-corrected chi connectivity index (χ0v) is 18.3. The van der Waals surface area contributed by atoms with Crippen LogP contribution in [0.2, 0.25) is 0 Å². The number of likely N-dealkylation sites (tertiary alicyclic amines) is 1. The van der Waals surface area contributed by atoms with Crippen molar-refractivity contribution in [2.24, 2.45) is 16.9 Å². The SMILES string of the molecule is N=CC/C=N\Nc1cccc(F)c1C(=O)N1CC2CN(c3ncc4cc(F)ccc4n3)CC2C1. The van der Waals surface area contributed by atoms with Crippen LogP contribution in [0.15, 0.2) is 47.7 Å². The molecule has 2 aliphatic heterocycles. The van der Waals surface area contributed by atoms with Crippen molar-refractivity contribution in [3.05, 3.63) is 59.8 Å². The van der Waals surface area contributed by atoms with Gasteiger partial charge < -0.3 is 15.2 Å². The minimum atomic E-state index is -0.600. The fourth-order valence-electron chi connectivity index (χ4n) is 4.68. The number of hydrazone groups is 1. The molecule has 174 valence electrons. The van der Waals surface area contributed by atoms with Crippen molar-refractivity contribution in [2.45, 2.75) is 6.42 Å². The van der Waals surface area contributed by atoms with Gasteiger partial charge in [0.2, 0.25) is 5.95 Å². The third-order valence-corrected chi connectivity index (χ3v) is 6.31.